The fourth-order valence-corrected chi connectivity index (χ4v) is 8.00. The van der Waals surface area contributed by atoms with Crippen LogP contribution in [0.5, 0.6) is 0 Å². The highest BCUT2D eigenvalue weighted by molar-refractivity contribution is 5.72. The predicted molar refractivity (Wildman–Crippen MR) is 280 cm³/mol. The zero-order valence-electron chi connectivity index (χ0n) is 43.6. The van der Waals surface area contributed by atoms with Crippen LogP contribution in [0, 0.1) is 0 Å². The molecule has 0 aromatic rings. The number of esters is 2. The van der Waals surface area contributed by atoms with Gasteiger partial charge in [0, 0.05) is 19.3 Å². The summed E-state index contributed by atoms with van der Waals surface area (Å²) in [7, 11) is 5.53. The van der Waals surface area contributed by atoms with Gasteiger partial charge < -0.3 is 23.8 Å². The fourth-order valence-electron chi connectivity index (χ4n) is 8.00. The van der Waals surface area contributed by atoms with Gasteiger partial charge >= 0.3 is 17.9 Å². The Bertz CT molecular complexity index is 1260. The first kappa shape index (κ1) is 63.0. The lowest BCUT2D eigenvalue weighted by Crippen LogP contribution is -2.50. The van der Waals surface area contributed by atoms with Crippen LogP contribution in [0.15, 0.2) is 60.8 Å². The molecule has 0 aliphatic carbocycles. The Morgan fingerprint density at radius 2 is 0.848 bits per heavy atom. The summed E-state index contributed by atoms with van der Waals surface area (Å²) in [4.78, 5) is 37.2. The number of carboxylic acid groups (broad SMARTS) is 1. The van der Waals surface area contributed by atoms with Crippen LogP contribution in [-0.2, 0) is 28.6 Å². The van der Waals surface area contributed by atoms with Crippen LogP contribution < -0.4 is 0 Å². The molecular formula is C58H104NO7+. The van der Waals surface area contributed by atoms with Gasteiger partial charge in [0.1, 0.15) is 6.61 Å². The average Bonchev–Trinajstić information content (AvgIpc) is 3.28. The Hall–Kier alpha value is -2.97. The Labute approximate surface area is 407 Å². The van der Waals surface area contributed by atoms with Crippen LogP contribution in [0.2, 0.25) is 0 Å². The standard InChI is InChI=1S/C58H103NO7/c1-6-8-10-12-14-16-18-20-22-24-26-27-28-29-31-33-35-37-39-41-43-45-47-49-57(61)66-54(52-64-51-50-55(58(62)63)59(3,4)5)53-65-56(60)48-46-44-42-40-38-36-34-32-30-25-23-21-19-17-15-13-11-9-7-2/h9,11,15,17,21,23,30,32,36,38,54-55H,6-8,10,12-14,16,18-20,22,24-29,31,33-35,37,39-53H2,1-5H3/p+1/b11-9+,17-15+,23-21+,32-30+,38-36+. The van der Waals surface area contributed by atoms with Crippen molar-refractivity contribution in [3.05, 3.63) is 60.8 Å². The first-order valence-electron chi connectivity index (χ1n) is 27.3. The van der Waals surface area contributed by atoms with Gasteiger partial charge in [-0.3, -0.25) is 9.59 Å². The van der Waals surface area contributed by atoms with Crippen molar-refractivity contribution in [2.45, 2.75) is 251 Å². The summed E-state index contributed by atoms with van der Waals surface area (Å²) in [5.74, 6) is -1.50. The summed E-state index contributed by atoms with van der Waals surface area (Å²) in [5, 5.41) is 9.67. The lowest BCUT2D eigenvalue weighted by Gasteiger charge is -2.31. The molecule has 0 radical (unpaired) electrons. The van der Waals surface area contributed by atoms with Gasteiger partial charge in [-0.15, -0.1) is 0 Å². The number of unbranched alkanes of at least 4 members (excludes halogenated alkanes) is 25. The zero-order valence-corrected chi connectivity index (χ0v) is 43.6. The van der Waals surface area contributed by atoms with Crippen molar-refractivity contribution in [2.75, 3.05) is 41.0 Å². The van der Waals surface area contributed by atoms with Gasteiger partial charge in [-0.05, 0) is 57.8 Å². The molecule has 0 aliphatic heterocycles. The summed E-state index contributed by atoms with van der Waals surface area (Å²) in [5.41, 5.74) is 0. The third kappa shape index (κ3) is 46.2. The Morgan fingerprint density at radius 3 is 1.26 bits per heavy atom. The molecule has 0 heterocycles. The number of ether oxygens (including phenoxy) is 3. The summed E-state index contributed by atoms with van der Waals surface area (Å²) in [6.07, 6.45) is 61.4. The number of likely N-dealkylation sites (N-methyl/N-ethyl adjacent to an activating group) is 1. The molecule has 0 amide bonds. The molecule has 8 nitrogen and oxygen atoms in total. The van der Waals surface area contributed by atoms with Gasteiger partial charge in [0.25, 0.3) is 0 Å². The lowest BCUT2D eigenvalue weighted by atomic mass is 10.0. The number of aliphatic carboxylic acids is 1. The van der Waals surface area contributed by atoms with E-state index >= 15 is 0 Å². The zero-order chi connectivity index (χ0) is 48.4. The number of carboxylic acids is 1. The van der Waals surface area contributed by atoms with Crippen LogP contribution in [0.25, 0.3) is 0 Å². The van der Waals surface area contributed by atoms with Crippen LogP contribution in [0.4, 0.5) is 0 Å². The van der Waals surface area contributed by atoms with Crippen molar-refractivity contribution in [1.82, 2.24) is 0 Å². The number of nitrogens with zero attached hydrogens (tertiary/aromatic N) is 1. The monoisotopic (exact) mass is 927 g/mol. The minimum atomic E-state index is -0.878. The molecule has 0 fully saturated rings. The van der Waals surface area contributed by atoms with E-state index in [-0.39, 0.29) is 36.2 Å². The number of carbonyl (C=O) groups is 3. The second kappa shape index (κ2) is 48.5. The molecule has 0 aliphatic rings. The average molecular weight is 927 g/mol. The number of allylic oxidation sites excluding steroid dienone is 10. The molecule has 66 heavy (non-hydrogen) atoms. The topological polar surface area (TPSA) is 99.1 Å². The number of rotatable bonds is 49. The first-order valence-corrected chi connectivity index (χ1v) is 27.3. The van der Waals surface area contributed by atoms with Gasteiger partial charge in [-0.25, -0.2) is 4.79 Å². The van der Waals surface area contributed by atoms with Crippen molar-refractivity contribution in [3.63, 3.8) is 0 Å². The molecule has 2 unspecified atom stereocenters. The first-order chi connectivity index (χ1) is 32.1. The number of carbonyl (C=O) groups excluding carboxylic acids is 2. The largest absolute Gasteiger partial charge is 0.477 e. The Morgan fingerprint density at radius 1 is 0.470 bits per heavy atom. The molecular weight excluding hydrogens is 823 g/mol. The Balaban J connectivity index is 4.23. The molecule has 8 heteroatoms. The van der Waals surface area contributed by atoms with E-state index in [0.717, 1.165) is 77.0 Å². The normalized spacial score (nSPS) is 13.3. The van der Waals surface area contributed by atoms with E-state index in [1.165, 1.54) is 128 Å². The second-order valence-electron chi connectivity index (χ2n) is 19.5. The van der Waals surface area contributed by atoms with E-state index in [1.54, 1.807) is 0 Å². The highest BCUT2D eigenvalue weighted by atomic mass is 16.6. The summed E-state index contributed by atoms with van der Waals surface area (Å²) < 4.78 is 17.4. The lowest BCUT2D eigenvalue weighted by molar-refractivity contribution is -0.887. The van der Waals surface area contributed by atoms with Gasteiger partial charge in [-0.1, -0.05) is 222 Å². The third-order valence-electron chi connectivity index (χ3n) is 12.2. The van der Waals surface area contributed by atoms with E-state index in [2.05, 4.69) is 74.6 Å². The van der Waals surface area contributed by atoms with Crippen LogP contribution in [0.1, 0.15) is 239 Å². The molecule has 382 valence electrons. The van der Waals surface area contributed by atoms with E-state index < -0.39 is 18.1 Å². The molecule has 0 aromatic heterocycles. The maximum atomic E-state index is 12.8. The van der Waals surface area contributed by atoms with Crippen LogP contribution in [-0.4, -0.2) is 80.6 Å². The van der Waals surface area contributed by atoms with Crippen molar-refractivity contribution >= 4 is 17.9 Å². The van der Waals surface area contributed by atoms with Gasteiger partial charge in [0.15, 0.2) is 12.1 Å². The van der Waals surface area contributed by atoms with Crippen molar-refractivity contribution in [2.24, 2.45) is 0 Å². The molecule has 0 aromatic carbocycles. The smallest absolute Gasteiger partial charge is 0.362 e. The number of quaternary nitrogens is 1. The summed E-state index contributed by atoms with van der Waals surface area (Å²) >= 11 is 0. The molecule has 0 spiro atoms. The van der Waals surface area contributed by atoms with Crippen molar-refractivity contribution in [3.8, 4) is 0 Å². The minimum Gasteiger partial charge on any atom is -0.477 e. The second-order valence-corrected chi connectivity index (χ2v) is 19.5. The van der Waals surface area contributed by atoms with E-state index in [9.17, 15) is 19.5 Å². The minimum absolute atomic E-state index is 0.0507. The molecule has 1 N–H and O–H groups in total. The van der Waals surface area contributed by atoms with E-state index in [1.807, 2.05) is 21.1 Å². The molecule has 2 atom stereocenters. The molecule has 0 saturated carbocycles. The third-order valence-corrected chi connectivity index (χ3v) is 12.2. The number of hydrogen-bond donors (Lipinski definition) is 1. The maximum absolute atomic E-state index is 12.8. The highest BCUT2D eigenvalue weighted by Crippen LogP contribution is 2.17. The quantitative estimate of drug-likeness (QED) is 0.0281. The summed E-state index contributed by atoms with van der Waals surface area (Å²) in [6.45, 7) is 4.62. The predicted octanol–water partition coefficient (Wildman–Crippen LogP) is 16.1. The van der Waals surface area contributed by atoms with Gasteiger partial charge in [0.05, 0.1) is 34.4 Å². The van der Waals surface area contributed by atoms with Gasteiger partial charge in [-0.2, -0.15) is 0 Å². The van der Waals surface area contributed by atoms with Crippen LogP contribution >= 0.6 is 0 Å². The SMILES string of the molecule is CC/C=C/C/C=C/C/C=C/C/C=C/C/C=C/CCCCCC(=O)OCC(COCCC(C(=O)O)[N+](C)(C)C)OC(=O)CCCCCCCCCCCCCCCCCCCCCCCCC. The molecule has 0 bridgehead atoms. The molecule has 0 saturated heterocycles. The van der Waals surface area contributed by atoms with Crippen molar-refractivity contribution < 1.29 is 38.2 Å². The van der Waals surface area contributed by atoms with Crippen LogP contribution in [0.3, 0.4) is 0 Å². The van der Waals surface area contributed by atoms with Crippen molar-refractivity contribution in [1.29, 1.82) is 0 Å². The molecule has 0 rings (SSSR count). The number of hydrogen-bond acceptors (Lipinski definition) is 6. The summed E-state index contributed by atoms with van der Waals surface area (Å²) in [6, 6.07) is -0.622. The van der Waals surface area contributed by atoms with Gasteiger partial charge in [0.2, 0.25) is 0 Å². The highest BCUT2D eigenvalue weighted by Gasteiger charge is 2.31. The van der Waals surface area contributed by atoms with E-state index in [0.29, 0.717) is 19.3 Å². The maximum Gasteiger partial charge on any atom is 0.362 e. The Kier molecular flexibility index (Phi) is 46.3. The van der Waals surface area contributed by atoms with E-state index in [4.69, 9.17) is 14.2 Å². The fraction of sp³-hybridized carbons (Fsp3) is 0.776.